The van der Waals surface area contributed by atoms with Crippen LogP contribution in [0.2, 0.25) is 0 Å². The molecule has 0 unspecified atom stereocenters. The number of para-hydroxylation sites is 2. The van der Waals surface area contributed by atoms with Gasteiger partial charge in [0, 0.05) is 20.1 Å². The van der Waals surface area contributed by atoms with Gasteiger partial charge in [0.1, 0.15) is 10.8 Å². The molecule has 2 aromatic carbocycles. The van der Waals surface area contributed by atoms with Crippen molar-refractivity contribution in [1.29, 1.82) is 0 Å². The fourth-order valence-electron chi connectivity index (χ4n) is 2.95. The Morgan fingerprint density at radius 2 is 1.76 bits per heavy atom. The lowest BCUT2D eigenvalue weighted by Crippen LogP contribution is -2.40. The van der Waals surface area contributed by atoms with Gasteiger partial charge in [-0.05, 0) is 35.7 Å². The molecule has 0 atom stereocenters. The zero-order valence-electron chi connectivity index (χ0n) is 12.9. The van der Waals surface area contributed by atoms with Crippen LogP contribution in [0.25, 0.3) is 15.9 Å². The van der Waals surface area contributed by atoms with Crippen LogP contribution < -0.4 is 16.2 Å². The van der Waals surface area contributed by atoms with E-state index in [4.69, 9.17) is 9.41 Å². The van der Waals surface area contributed by atoms with Crippen molar-refractivity contribution >= 4 is 44.7 Å². The minimum Gasteiger partial charge on any atom is -0.422 e. The SMILES string of the molecule is O=c1oc2ccccc2c2c1=C(c1cccs1)Sc1ccccc1N=2. The van der Waals surface area contributed by atoms with Gasteiger partial charge in [-0.3, -0.25) is 0 Å². The van der Waals surface area contributed by atoms with Gasteiger partial charge in [0.15, 0.2) is 0 Å². The van der Waals surface area contributed by atoms with E-state index in [0.29, 0.717) is 16.2 Å². The third-order valence-electron chi connectivity index (χ3n) is 4.07. The molecule has 4 aromatic rings. The molecule has 0 aliphatic carbocycles. The maximum absolute atomic E-state index is 12.8. The van der Waals surface area contributed by atoms with Crippen molar-refractivity contribution in [2.75, 3.05) is 0 Å². The average molecular weight is 361 g/mol. The molecule has 0 fully saturated rings. The second kappa shape index (κ2) is 5.72. The Bertz CT molecular complexity index is 1290. The third kappa shape index (κ3) is 2.35. The zero-order valence-corrected chi connectivity index (χ0v) is 14.6. The molecule has 3 heterocycles. The molecule has 120 valence electrons. The molecule has 2 aromatic heterocycles. The fourth-order valence-corrected chi connectivity index (χ4v) is 4.92. The van der Waals surface area contributed by atoms with Gasteiger partial charge in [0.05, 0.1) is 11.0 Å². The maximum atomic E-state index is 12.8. The highest BCUT2D eigenvalue weighted by Gasteiger charge is 2.18. The fraction of sp³-hybridized carbons (Fsp3) is 0. The van der Waals surface area contributed by atoms with E-state index in [9.17, 15) is 4.79 Å². The molecule has 1 aliphatic rings. The first kappa shape index (κ1) is 14.7. The number of nitrogens with zero attached hydrogens (tertiary/aromatic N) is 1. The van der Waals surface area contributed by atoms with E-state index in [0.717, 1.165) is 25.8 Å². The molecule has 0 amide bonds. The average Bonchev–Trinajstić information content (AvgIpc) is 3.10. The van der Waals surface area contributed by atoms with Crippen LogP contribution in [0.3, 0.4) is 0 Å². The van der Waals surface area contributed by atoms with Gasteiger partial charge in [-0.25, -0.2) is 9.79 Å². The summed E-state index contributed by atoms with van der Waals surface area (Å²) in [6.45, 7) is 0. The lowest BCUT2D eigenvalue weighted by atomic mass is 10.2. The van der Waals surface area contributed by atoms with E-state index in [1.807, 2.05) is 60.0 Å². The summed E-state index contributed by atoms with van der Waals surface area (Å²) < 4.78 is 5.60. The summed E-state index contributed by atoms with van der Waals surface area (Å²) in [6, 6.07) is 19.5. The van der Waals surface area contributed by atoms with E-state index in [-0.39, 0.29) is 5.63 Å². The summed E-state index contributed by atoms with van der Waals surface area (Å²) in [5.41, 5.74) is 1.09. The van der Waals surface area contributed by atoms with Gasteiger partial charge < -0.3 is 4.42 Å². The van der Waals surface area contributed by atoms with Gasteiger partial charge in [-0.1, -0.05) is 42.1 Å². The van der Waals surface area contributed by atoms with Crippen molar-refractivity contribution in [2.45, 2.75) is 4.90 Å². The van der Waals surface area contributed by atoms with Crippen LogP contribution in [0.5, 0.6) is 0 Å². The van der Waals surface area contributed by atoms with Gasteiger partial charge in [-0.2, -0.15) is 0 Å². The van der Waals surface area contributed by atoms with Crippen LogP contribution in [0, 0.1) is 0 Å². The molecule has 0 saturated heterocycles. The quantitative estimate of drug-likeness (QED) is 0.480. The number of hydrogen-bond acceptors (Lipinski definition) is 5. The minimum atomic E-state index is -0.346. The minimum absolute atomic E-state index is 0.346. The summed E-state index contributed by atoms with van der Waals surface area (Å²) in [7, 11) is 0. The van der Waals surface area contributed by atoms with Crippen LogP contribution >= 0.6 is 23.1 Å². The van der Waals surface area contributed by atoms with E-state index in [2.05, 4.69) is 0 Å². The Labute approximate surface area is 151 Å². The smallest absolute Gasteiger partial charge is 0.347 e. The molecule has 0 saturated carbocycles. The first-order chi connectivity index (χ1) is 12.3. The first-order valence-corrected chi connectivity index (χ1v) is 9.46. The predicted molar refractivity (Wildman–Crippen MR) is 102 cm³/mol. The number of thiophene rings is 1. The summed E-state index contributed by atoms with van der Waals surface area (Å²) in [4.78, 5) is 20.7. The zero-order chi connectivity index (χ0) is 16.8. The van der Waals surface area contributed by atoms with Crippen LogP contribution in [-0.4, -0.2) is 0 Å². The molecule has 5 heteroatoms. The van der Waals surface area contributed by atoms with E-state index < -0.39 is 0 Å². The van der Waals surface area contributed by atoms with Gasteiger partial charge in [-0.15, -0.1) is 11.3 Å². The second-order valence-corrected chi connectivity index (χ2v) is 7.60. The Hall–Kier alpha value is -2.63. The molecular formula is C20H11NO2S2. The number of rotatable bonds is 1. The van der Waals surface area contributed by atoms with Gasteiger partial charge in [0.2, 0.25) is 0 Å². The van der Waals surface area contributed by atoms with Crippen molar-refractivity contribution in [3.8, 4) is 0 Å². The Morgan fingerprint density at radius 3 is 2.64 bits per heavy atom. The predicted octanol–water partition coefficient (Wildman–Crippen LogP) is 4.07. The highest BCUT2D eigenvalue weighted by Crippen LogP contribution is 2.39. The Kier molecular flexibility index (Phi) is 3.36. The molecule has 0 bridgehead atoms. The lowest BCUT2D eigenvalue weighted by molar-refractivity contribution is 0.552. The third-order valence-corrected chi connectivity index (χ3v) is 6.28. The van der Waals surface area contributed by atoms with Crippen molar-refractivity contribution < 1.29 is 4.42 Å². The molecule has 1 aliphatic heterocycles. The van der Waals surface area contributed by atoms with Crippen molar-refractivity contribution in [3.05, 3.63) is 91.9 Å². The molecular weight excluding hydrogens is 350 g/mol. The normalized spacial score (nSPS) is 13.0. The molecule has 3 nitrogen and oxygen atoms in total. The summed E-state index contributed by atoms with van der Waals surface area (Å²) >= 11 is 3.19. The Balaban J connectivity index is 2.07. The monoisotopic (exact) mass is 361 g/mol. The molecule has 0 radical (unpaired) electrons. The van der Waals surface area contributed by atoms with Crippen LogP contribution in [0.4, 0.5) is 5.69 Å². The van der Waals surface area contributed by atoms with E-state index >= 15 is 0 Å². The molecule has 5 rings (SSSR count). The first-order valence-electron chi connectivity index (χ1n) is 7.77. The maximum Gasteiger partial charge on any atom is 0.347 e. The summed E-state index contributed by atoms with van der Waals surface area (Å²) in [6.07, 6.45) is 0. The lowest BCUT2D eigenvalue weighted by Gasteiger charge is -2.04. The highest BCUT2D eigenvalue weighted by atomic mass is 32.2. The van der Waals surface area contributed by atoms with Gasteiger partial charge >= 0.3 is 5.63 Å². The highest BCUT2D eigenvalue weighted by molar-refractivity contribution is 8.08. The van der Waals surface area contributed by atoms with Crippen LogP contribution in [0.15, 0.2) is 85.1 Å². The Morgan fingerprint density at radius 1 is 0.920 bits per heavy atom. The number of benzene rings is 2. The standard InChI is InChI=1S/C20H11NO2S2/c22-20-17-18(12-6-1-3-8-14(12)23-20)21-13-7-2-4-9-15(13)25-19(17)16-10-5-11-24-16/h1-11H. The van der Waals surface area contributed by atoms with Crippen molar-refractivity contribution in [1.82, 2.24) is 0 Å². The summed E-state index contributed by atoms with van der Waals surface area (Å²) in [5.74, 6) is 0. The molecule has 0 spiro atoms. The summed E-state index contributed by atoms with van der Waals surface area (Å²) in [5, 5.41) is 4.10. The topological polar surface area (TPSA) is 42.6 Å². The largest absolute Gasteiger partial charge is 0.422 e. The van der Waals surface area contributed by atoms with Crippen LogP contribution in [0.1, 0.15) is 4.88 Å². The van der Waals surface area contributed by atoms with Gasteiger partial charge in [0.25, 0.3) is 0 Å². The van der Waals surface area contributed by atoms with E-state index in [1.54, 1.807) is 29.2 Å². The number of thioether (sulfide) groups is 1. The van der Waals surface area contributed by atoms with Crippen molar-refractivity contribution in [3.63, 3.8) is 0 Å². The number of fused-ring (bicyclic) bond motifs is 4. The van der Waals surface area contributed by atoms with E-state index in [1.165, 1.54) is 0 Å². The van der Waals surface area contributed by atoms with Crippen LogP contribution in [-0.2, 0) is 0 Å². The van der Waals surface area contributed by atoms with Crippen molar-refractivity contribution in [2.24, 2.45) is 4.99 Å². The molecule has 0 N–H and O–H groups in total. The number of hydrogen-bond donors (Lipinski definition) is 0. The second-order valence-electron chi connectivity index (χ2n) is 5.60. The molecule has 25 heavy (non-hydrogen) atoms.